The summed E-state index contributed by atoms with van der Waals surface area (Å²) in [6, 6.07) is 9.63. The second-order valence-electron chi connectivity index (χ2n) is 8.04. The number of hydrogen-bond donors (Lipinski definition) is 4. The summed E-state index contributed by atoms with van der Waals surface area (Å²) in [5.74, 6) is -1.96. The normalized spacial score (nSPS) is 13.2. The van der Waals surface area contributed by atoms with Gasteiger partial charge in [-0.2, -0.15) is 0 Å². The minimum atomic E-state index is -0.926. The minimum Gasteiger partial charge on any atom is -0.491 e. The van der Waals surface area contributed by atoms with E-state index < -0.39 is 29.7 Å². The number of carbonyl (C=O) groups is 2. The molecule has 4 N–H and O–H groups in total. The third kappa shape index (κ3) is 9.47. The van der Waals surface area contributed by atoms with Crippen LogP contribution >= 0.6 is 0 Å². The molecule has 2 rings (SSSR count). The highest BCUT2D eigenvalue weighted by molar-refractivity contribution is 5.87. The van der Waals surface area contributed by atoms with Crippen LogP contribution in [0, 0.1) is 17.6 Å². The maximum absolute atomic E-state index is 14.0. The summed E-state index contributed by atoms with van der Waals surface area (Å²) >= 11 is 0. The maximum atomic E-state index is 14.0. The first-order valence-corrected chi connectivity index (χ1v) is 11.3. The molecule has 0 spiro atoms. The first kappa shape index (κ1) is 28.5. The smallest absolute Gasteiger partial charge is 0.412 e. The second kappa shape index (κ2) is 14.6. The minimum absolute atomic E-state index is 0.127. The number of amides is 2. The van der Waals surface area contributed by atoms with Gasteiger partial charge in [0.1, 0.15) is 30.1 Å². The van der Waals surface area contributed by atoms with Crippen LogP contribution in [0.15, 0.2) is 66.3 Å². The number of aliphatic hydroxyl groups excluding tert-OH is 1. The van der Waals surface area contributed by atoms with Crippen molar-refractivity contribution in [2.24, 2.45) is 5.92 Å². The largest absolute Gasteiger partial charge is 0.491 e. The van der Waals surface area contributed by atoms with Crippen LogP contribution < -0.4 is 15.5 Å². The van der Waals surface area contributed by atoms with Crippen molar-refractivity contribution in [3.63, 3.8) is 0 Å². The van der Waals surface area contributed by atoms with Crippen LogP contribution in [0.4, 0.5) is 19.3 Å². The highest BCUT2D eigenvalue weighted by Crippen LogP contribution is 2.31. The standard InChI is InChI=1S/C26H30F2N2O6/c1-17(15-24(32)30-34)5-3-4-6-18(2)25(19-7-10-21(11-8-19)35-14-13-31)36-26(33)29-23-12-9-20(27)16-22(23)28/h3,5,7-12,15-16,18,25,31,34H,4,6,13-14H2,1-2H3,(H,29,33)(H,30,32)/b5-3+,17-15+/t18-,25-/m0/s1. The number of allylic oxidation sites excluding steroid dienone is 3. The van der Waals surface area contributed by atoms with Crippen LogP contribution in [-0.4, -0.2) is 35.5 Å². The fourth-order valence-corrected chi connectivity index (χ4v) is 3.34. The summed E-state index contributed by atoms with van der Waals surface area (Å²) < 4.78 is 38.1. The van der Waals surface area contributed by atoms with Crippen LogP contribution in [0.5, 0.6) is 5.75 Å². The van der Waals surface area contributed by atoms with Gasteiger partial charge in [-0.1, -0.05) is 31.2 Å². The molecular formula is C26H30F2N2O6. The van der Waals surface area contributed by atoms with E-state index in [1.54, 1.807) is 37.3 Å². The van der Waals surface area contributed by atoms with Gasteiger partial charge >= 0.3 is 6.09 Å². The monoisotopic (exact) mass is 504 g/mol. The number of nitrogens with one attached hydrogen (secondary N) is 2. The third-order valence-electron chi connectivity index (χ3n) is 5.13. The summed E-state index contributed by atoms with van der Waals surface area (Å²) in [5, 5.41) is 19.8. The third-order valence-corrected chi connectivity index (χ3v) is 5.13. The van der Waals surface area contributed by atoms with E-state index in [2.05, 4.69) is 5.32 Å². The molecule has 2 amide bonds. The lowest BCUT2D eigenvalue weighted by Crippen LogP contribution is -2.22. The van der Waals surface area contributed by atoms with Crippen molar-refractivity contribution in [1.82, 2.24) is 5.48 Å². The quantitative estimate of drug-likeness (QED) is 0.139. The Morgan fingerprint density at radius 1 is 1.14 bits per heavy atom. The molecule has 0 aliphatic rings. The average Bonchev–Trinajstić information content (AvgIpc) is 2.85. The number of halogens is 2. The number of rotatable bonds is 12. The van der Waals surface area contributed by atoms with Gasteiger partial charge in [0.15, 0.2) is 0 Å². The predicted molar refractivity (Wildman–Crippen MR) is 129 cm³/mol. The summed E-state index contributed by atoms with van der Waals surface area (Å²) in [5.41, 5.74) is 2.63. The van der Waals surface area contributed by atoms with Crippen LogP contribution in [0.2, 0.25) is 0 Å². The SMILES string of the molecule is CC(/C=C/CC[C@H](C)[C@H](OC(=O)Nc1ccc(F)cc1F)c1ccc(OCCO)cc1)=C\C(=O)NO. The van der Waals surface area contributed by atoms with E-state index in [-0.39, 0.29) is 24.8 Å². The molecule has 0 aliphatic carbocycles. The zero-order valence-corrected chi connectivity index (χ0v) is 20.0. The van der Waals surface area contributed by atoms with Crippen molar-refractivity contribution in [3.8, 4) is 5.75 Å². The molecule has 2 atom stereocenters. The molecule has 194 valence electrons. The number of ether oxygens (including phenoxy) is 2. The first-order valence-electron chi connectivity index (χ1n) is 11.3. The van der Waals surface area contributed by atoms with Crippen molar-refractivity contribution in [1.29, 1.82) is 0 Å². The number of benzene rings is 2. The molecule has 2 aromatic carbocycles. The Hall–Kier alpha value is -3.76. The number of anilines is 1. The average molecular weight is 505 g/mol. The van der Waals surface area contributed by atoms with E-state index in [0.29, 0.717) is 35.8 Å². The van der Waals surface area contributed by atoms with E-state index in [1.807, 2.05) is 13.0 Å². The van der Waals surface area contributed by atoms with Crippen LogP contribution in [0.1, 0.15) is 38.4 Å². The van der Waals surface area contributed by atoms with E-state index in [4.69, 9.17) is 19.8 Å². The van der Waals surface area contributed by atoms with E-state index in [1.165, 1.54) is 11.6 Å². The highest BCUT2D eigenvalue weighted by atomic mass is 19.1. The second-order valence-corrected chi connectivity index (χ2v) is 8.04. The number of aliphatic hydroxyl groups is 1. The Morgan fingerprint density at radius 3 is 2.50 bits per heavy atom. The van der Waals surface area contributed by atoms with Crippen LogP contribution in [0.3, 0.4) is 0 Å². The molecule has 0 aliphatic heterocycles. The van der Waals surface area contributed by atoms with E-state index in [9.17, 15) is 18.4 Å². The Labute approximate surface area is 208 Å². The number of carbonyl (C=O) groups excluding carboxylic acids is 2. The molecule has 2 aromatic rings. The summed E-state index contributed by atoms with van der Waals surface area (Å²) in [6.45, 7) is 3.61. The van der Waals surface area contributed by atoms with E-state index in [0.717, 1.165) is 12.1 Å². The molecule has 0 saturated carbocycles. The van der Waals surface area contributed by atoms with Crippen LogP contribution in [0.25, 0.3) is 0 Å². The maximum Gasteiger partial charge on any atom is 0.412 e. The number of hydroxylamine groups is 1. The van der Waals surface area contributed by atoms with Crippen molar-refractivity contribution in [3.05, 3.63) is 83.5 Å². The lowest BCUT2D eigenvalue weighted by atomic mass is 9.93. The van der Waals surface area contributed by atoms with Gasteiger partial charge < -0.3 is 14.6 Å². The fraction of sp³-hybridized carbons (Fsp3) is 0.308. The molecular weight excluding hydrogens is 474 g/mol. The summed E-state index contributed by atoms with van der Waals surface area (Å²) in [7, 11) is 0. The van der Waals surface area contributed by atoms with Crippen molar-refractivity contribution >= 4 is 17.7 Å². The van der Waals surface area contributed by atoms with Gasteiger partial charge in [0, 0.05) is 12.1 Å². The Bertz CT molecular complexity index is 1070. The molecule has 0 unspecified atom stereocenters. The molecule has 0 radical (unpaired) electrons. The van der Waals surface area contributed by atoms with Gasteiger partial charge in [-0.05, 0) is 61.1 Å². The van der Waals surface area contributed by atoms with Gasteiger partial charge in [0.25, 0.3) is 5.91 Å². The Morgan fingerprint density at radius 2 is 1.86 bits per heavy atom. The Kier molecular flexibility index (Phi) is 11.5. The zero-order chi connectivity index (χ0) is 26.5. The molecule has 10 heteroatoms. The topological polar surface area (TPSA) is 117 Å². The molecule has 0 bridgehead atoms. The van der Waals surface area contributed by atoms with Crippen LogP contribution in [-0.2, 0) is 9.53 Å². The molecule has 0 fully saturated rings. The summed E-state index contributed by atoms with van der Waals surface area (Å²) in [4.78, 5) is 23.7. The predicted octanol–water partition coefficient (Wildman–Crippen LogP) is 5.05. The molecule has 0 saturated heterocycles. The van der Waals surface area contributed by atoms with Crippen molar-refractivity contribution in [2.75, 3.05) is 18.5 Å². The Balaban J connectivity index is 2.13. The highest BCUT2D eigenvalue weighted by Gasteiger charge is 2.24. The molecule has 0 heterocycles. The van der Waals surface area contributed by atoms with E-state index >= 15 is 0 Å². The zero-order valence-electron chi connectivity index (χ0n) is 20.0. The van der Waals surface area contributed by atoms with Gasteiger partial charge in [-0.25, -0.2) is 19.1 Å². The van der Waals surface area contributed by atoms with Crippen molar-refractivity contribution in [2.45, 2.75) is 32.8 Å². The summed E-state index contributed by atoms with van der Waals surface area (Å²) in [6.07, 6.45) is 4.41. The fourth-order valence-electron chi connectivity index (χ4n) is 3.34. The molecule has 36 heavy (non-hydrogen) atoms. The van der Waals surface area contributed by atoms with Crippen molar-refractivity contribution < 1.29 is 38.2 Å². The molecule has 0 aromatic heterocycles. The van der Waals surface area contributed by atoms with Gasteiger partial charge in [-0.15, -0.1) is 0 Å². The van der Waals surface area contributed by atoms with Gasteiger partial charge in [0.05, 0.1) is 12.3 Å². The lowest BCUT2D eigenvalue weighted by molar-refractivity contribution is -0.124. The number of hydrogen-bond acceptors (Lipinski definition) is 6. The molecule has 8 nitrogen and oxygen atoms in total. The van der Waals surface area contributed by atoms with Gasteiger partial charge in [0.2, 0.25) is 0 Å². The van der Waals surface area contributed by atoms with Gasteiger partial charge in [-0.3, -0.25) is 15.3 Å². The lowest BCUT2D eigenvalue weighted by Gasteiger charge is -2.25. The first-order chi connectivity index (χ1) is 17.2.